The summed E-state index contributed by atoms with van der Waals surface area (Å²) in [6.45, 7) is 2.81. The van der Waals surface area contributed by atoms with Crippen LogP contribution < -0.4 is 4.74 Å². The Morgan fingerprint density at radius 3 is 2.62 bits per heavy atom. The molecule has 1 fully saturated rings. The average molecular weight is 285 g/mol. The van der Waals surface area contributed by atoms with Crippen molar-refractivity contribution in [1.29, 1.82) is 0 Å². The van der Waals surface area contributed by atoms with Crippen LogP contribution in [0.3, 0.4) is 0 Å². The lowest BCUT2D eigenvalue weighted by molar-refractivity contribution is -0.386. The summed E-state index contributed by atoms with van der Waals surface area (Å²) < 4.78 is 10.9. The first-order valence-corrected chi connectivity index (χ1v) is 6.68. The summed E-state index contributed by atoms with van der Waals surface area (Å²) >= 11 is 0. The third-order valence-corrected chi connectivity index (χ3v) is 3.58. The van der Waals surface area contributed by atoms with Crippen LogP contribution in [0.5, 0.6) is 5.75 Å². The first-order valence-electron chi connectivity index (χ1n) is 6.68. The van der Waals surface area contributed by atoms with Gasteiger partial charge in [0, 0.05) is 6.07 Å². The van der Waals surface area contributed by atoms with Gasteiger partial charge in [0.25, 0.3) is 0 Å². The zero-order valence-electron chi connectivity index (χ0n) is 11.6. The third-order valence-electron chi connectivity index (χ3n) is 3.58. The van der Waals surface area contributed by atoms with Crippen molar-refractivity contribution >= 4 is 5.69 Å². The molecule has 0 N–H and O–H groups in total. The topological polar surface area (TPSA) is 64.9 Å². The summed E-state index contributed by atoms with van der Waals surface area (Å²) in [6, 6.07) is 14.6. The Bertz CT molecular complexity index is 665. The Morgan fingerprint density at radius 2 is 2.00 bits per heavy atom. The van der Waals surface area contributed by atoms with Gasteiger partial charge in [-0.2, -0.15) is 0 Å². The molecule has 0 amide bonds. The largest absolute Gasteiger partial charge is 0.482 e. The molecule has 0 saturated carbocycles. The van der Waals surface area contributed by atoms with Gasteiger partial charge in [-0.15, -0.1) is 0 Å². The van der Waals surface area contributed by atoms with Gasteiger partial charge in [0.05, 0.1) is 11.5 Å². The molecule has 108 valence electrons. The second kappa shape index (κ2) is 5.18. The SMILES string of the molecule is CC1(c2ccc(OCc3ccccc3)c([N+](=O)[O-])c2)CO1. The highest BCUT2D eigenvalue weighted by Crippen LogP contribution is 2.41. The van der Waals surface area contributed by atoms with Crippen molar-refractivity contribution in [3.05, 3.63) is 69.8 Å². The van der Waals surface area contributed by atoms with Gasteiger partial charge in [-0.3, -0.25) is 10.1 Å². The van der Waals surface area contributed by atoms with Gasteiger partial charge >= 0.3 is 5.69 Å². The first kappa shape index (κ1) is 13.6. The van der Waals surface area contributed by atoms with Gasteiger partial charge < -0.3 is 9.47 Å². The lowest BCUT2D eigenvalue weighted by atomic mass is 10.0. The van der Waals surface area contributed by atoms with Crippen LogP contribution in [0.25, 0.3) is 0 Å². The minimum absolute atomic E-state index is 0.0276. The highest BCUT2D eigenvalue weighted by Gasteiger charge is 2.42. The van der Waals surface area contributed by atoms with E-state index in [-0.39, 0.29) is 17.0 Å². The molecule has 5 nitrogen and oxygen atoms in total. The van der Waals surface area contributed by atoms with E-state index in [9.17, 15) is 10.1 Å². The van der Waals surface area contributed by atoms with Crippen LogP contribution in [0.1, 0.15) is 18.1 Å². The zero-order chi connectivity index (χ0) is 14.9. The fourth-order valence-electron chi connectivity index (χ4n) is 2.12. The van der Waals surface area contributed by atoms with Crippen LogP contribution in [-0.2, 0) is 16.9 Å². The molecule has 1 aliphatic heterocycles. The Hall–Kier alpha value is -2.40. The summed E-state index contributed by atoms with van der Waals surface area (Å²) in [6.07, 6.45) is 0. The van der Waals surface area contributed by atoms with Gasteiger partial charge in [0.1, 0.15) is 12.2 Å². The first-order chi connectivity index (χ1) is 10.1. The highest BCUT2D eigenvalue weighted by atomic mass is 16.6. The fraction of sp³-hybridized carbons (Fsp3) is 0.250. The van der Waals surface area contributed by atoms with Gasteiger partial charge in [-0.1, -0.05) is 36.4 Å². The molecule has 1 atom stereocenters. The molecule has 0 bridgehead atoms. The molecule has 1 aliphatic rings. The molecule has 0 aliphatic carbocycles. The van der Waals surface area contributed by atoms with Crippen molar-refractivity contribution < 1.29 is 14.4 Å². The minimum atomic E-state index is -0.421. The van der Waals surface area contributed by atoms with Gasteiger partial charge in [0.15, 0.2) is 5.75 Å². The van der Waals surface area contributed by atoms with Crippen LogP contribution in [0.15, 0.2) is 48.5 Å². The second-order valence-electron chi connectivity index (χ2n) is 5.23. The molecule has 1 saturated heterocycles. The molecule has 1 unspecified atom stereocenters. The minimum Gasteiger partial charge on any atom is -0.482 e. The van der Waals surface area contributed by atoms with E-state index in [1.165, 1.54) is 6.07 Å². The monoisotopic (exact) mass is 285 g/mol. The second-order valence-corrected chi connectivity index (χ2v) is 5.23. The summed E-state index contributed by atoms with van der Waals surface area (Å²) in [7, 11) is 0. The summed E-state index contributed by atoms with van der Waals surface area (Å²) in [5.41, 5.74) is 1.36. The summed E-state index contributed by atoms with van der Waals surface area (Å²) in [4.78, 5) is 10.8. The molecule has 1 heterocycles. The Balaban J connectivity index is 1.82. The quantitative estimate of drug-likeness (QED) is 0.479. The molecule has 21 heavy (non-hydrogen) atoms. The molecule has 2 aromatic carbocycles. The Kier molecular flexibility index (Phi) is 3.35. The number of nitrogens with zero attached hydrogens (tertiary/aromatic N) is 1. The van der Waals surface area contributed by atoms with Crippen LogP contribution in [0.4, 0.5) is 5.69 Å². The van der Waals surface area contributed by atoms with Gasteiger partial charge in [-0.25, -0.2) is 0 Å². The Labute approximate surface area is 122 Å². The predicted octanol–water partition coefficient (Wildman–Crippen LogP) is 3.42. The average Bonchev–Trinajstić information content (AvgIpc) is 3.25. The molecule has 0 radical (unpaired) electrons. The number of hydrogen-bond donors (Lipinski definition) is 0. The van der Waals surface area contributed by atoms with E-state index in [1.807, 2.05) is 43.3 Å². The number of epoxide rings is 1. The molecular weight excluding hydrogens is 270 g/mol. The number of benzene rings is 2. The number of ether oxygens (including phenoxy) is 2. The molecular formula is C16H15NO4. The van der Waals surface area contributed by atoms with E-state index in [1.54, 1.807) is 6.07 Å². The zero-order valence-corrected chi connectivity index (χ0v) is 11.6. The van der Waals surface area contributed by atoms with E-state index in [0.717, 1.165) is 11.1 Å². The third kappa shape index (κ3) is 2.87. The molecule has 2 aromatic rings. The van der Waals surface area contributed by atoms with Crippen molar-refractivity contribution in [1.82, 2.24) is 0 Å². The van der Waals surface area contributed by atoms with Crippen molar-refractivity contribution in [2.24, 2.45) is 0 Å². The van der Waals surface area contributed by atoms with Gasteiger partial charge in [0.2, 0.25) is 0 Å². The summed E-state index contributed by atoms with van der Waals surface area (Å²) in [5, 5.41) is 11.2. The number of hydrogen-bond acceptors (Lipinski definition) is 4. The van der Waals surface area contributed by atoms with Crippen LogP contribution >= 0.6 is 0 Å². The summed E-state index contributed by atoms with van der Waals surface area (Å²) in [5.74, 6) is 0.275. The Morgan fingerprint density at radius 1 is 1.29 bits per heavy atom. The maximum Gasteiger partial charge on any atom is 0.311 e. The smallest absolute Gasteiger partial charge is 0.311 e. The van der Waals surface area contributed by atoms with Crippen LogP contribution in [0, 0.1) is 10.1 Å². The number of nitro groups is 1. The maximum absolute atomic E-state index is 11.2. The van der Waals surface area contributed by atoms with E-state index >= 15 is 0 Å². The van der Waals surface area contributed by atoms with Crippen molar-refractivity contribution in [3.63, 3.8) is 0 Å². The normalized spacial score (nSPS) is 20.0. The van der Waals surface area contributed by atoms with E-state index < -0.39 is 4.92 Å². The molecule has 0 spiro atoms. The van der Waals surface area contributed by atoms with Crippen molar-refractivity contribution in [2.45, 2.75) is 19.1 Å². The molecule has 3 rings (SSSR count). The standard InChI is InChI=1S/C16H15NO4/c1-16(11-21-16)13-7-8-15(14(9-13)17(18)19)20-10-12-5-3-2-4-6-12/h2-9H,10-11H2,1H3. The molecule has 0 aromatic heterocycles. The molecule has 5 heteroatoms. The van der Waals surface area contributed by atoms with Gasteiger partial charge in [-0.05, 0) is 24.1 Å². The predicted molar refractivity (Wildman–Crippen MR) is 77.2 cm³/mol. The number of rotatable bonds is 5. The van der Waals surface area contributed by atoms with Crippen LogP contribution in [0.2, 0.25) is 0 Å². The van der Waals surface area contributed by atoms with Crippen molar-refractivity contribution in [2.75, 3.05) is 6.61 Å². The lowest BCUT2D eigenvalue weighted by Gasteiger charge is -2.10. The number of nitro benzene ring substituents is 1. The lowest BCUT2D eigenvalue weighted by Crippen LogP contribution is -2.05. The maximum atomic E-state index is 11.2. The van der Waals surface area contributed by atoms with E-state index in [2.05, 4.69) is 0 Å². The van der Waals surface area contributed by atoms with Crippen molar-refractivity contribution in [3.8, 4) is 5.75 Å². The fourth-order valence-corrected chi connectivity index (χ4v) is 2.12. The van der Waals surface area contributed by atoms with E-state index in [4.69, 9.17) is 9.47 Å². The van der Waals surface area contributed by atoms with Crippen LogP contribution in [-0.4, -0.2) is 11.5 Å². The highest BCUT2D eigenvalue weighted by molar-refractivity contribution is 5.50. The van der Waals surface area contributed by atoms with E-state index in [0.29, 0.717) is 13.2 Å².